The van der Waals surface area contributed by atoms with Gasteiger partial charge in [-0.3, -0.25) is 4.79 Å². The average molecular weight is 405 g/mol. The normalized spacial score (nSPS) is 10.6. The van der Waals surface area contributed by atoms with Gasteiger partial charge in [-0.05, 0) is 33.6 Å². The van der Waals surface area contributed by atoms with E-state index >= 15 is 0 Å². The largest absolute Gasteiger partial charge is 0.496 e. The number of hydrogen-bond acceptors (Lipinski definition) is 5. The van der Waals surface area contributed by atoms with Gasteiger partial charge in [-0.25, -0.2) is 9.67 Å². The van der Waals surface area contributed by atoms with Crippen LogP contribution in [0.3, 0.4) is 0 Å². The monoisotopic (exact) mass is 404 g/mol. The molecule has 1 aromatic carbocycles. The summed E-state index contributed by atoms with van der Waals surface area (Å²) in [7, 11) is 1.62. The van der Waals surface area contributed by atoms with E-state index in [4.69, 9.17) is 4.74 Å². The topological polar surface area (TPSA) is 97.7 Å². The first-order valence-electron chi connectivity index (χ1n) is 7.63. The van der Waals surface area contributed by atoms with Crippen molar-refractivity contribution in [3.05, 3.63) is 58.3 Å². The van der Waals surface area contributed by atoms with Crippen LogP contribution in [0.5, 0.6) is 5.75 Å². The van der Waals surface area contributed by atoms with Crippen LogP contribution < -0.4 is 10.1 Å². The van der Waals surface area contributed by atoms with Gasteiger partial charge in [-0.1, -0.05) is 11.3 Å². The van der Waals surface area contributed by atoms with Crippen LogP contribution in [0, 0.1) is 0 Å². The van der Waals surface area contributed by atoms with Crippen molar-refractivity contribution in [1.82, 2.24) is 30.3 Å². The number of hydrogen-bond donors (Lipinski definition) is 2. The Kier molecular flexibility index (Phi) is 5.44. The van der Waals surface area contributed by atoms with Crippen molar-refractivity contribution in [3.63, 3.8) is 0 Å². The molecule has 130 valence electrons. The number of aromatic amines is 1. The summed E-state index contributed by atoms with van der Waals surface area (Å²) in [4.78, 5) is 19.0. The van der Waals surface area contributed by atoms with E-state index in [1.54, 1.807) is 30.5 Å². The van der Waals surface area contributed by atoms with Crippen molar-refractivity contribution in [2.45, 2.75) is 13.0 Å². The number of methoxy groups -OCH3 is 1. The molecular weight excluding hydrogens is 388 g/mol. The van der Waals surface area contributed by atoms with Crippen LogP contribution >= 0.6 is 15.9 Å². The minimum absolute atomic E-state index is 0.248. The summed E-state index contributed by atoms with van der Waals surface area (Å²) in [5.41, 5.74) is 2.27. The smallest absolute Gasteiger partial charge is 0.273 e. The lowest BCUT2D eigenvalue weighted by Gasteiger charge is -2.06. The maximum absolute atomic E-state index is 12.1. The Morgan fingerprint density at radius 2 is 2.32 bits per heavy atom. The van der Waals surface area contributed by atoms with Gasteiger partial charge in [-0.2, -0.15) is 0 Å². The highest BCUT2D eigenvalue weighted by Gasteiger charge is 2.11. The van der Waals surface area contributed by atoms with E-state index in [0.29, 0.717) is 19.5 Å². The number of halogens is 1. The van der Waals surface area contributed by atoms with Crippen LogP contribution in [-0.2, 0) is 13.0 Å². The van der Waals surface area contributed by atoms with Crippen LogP contribution in [0.15, 0.2) is 41.4 Å². The van der Waals surface area contributed by atoms with Crippen LogP contribution in [0.4, 0.5) is 0 Å². The molecule has 0 atom stereocenters. The Morgan fingerprint density at radius 3 is 3.04 bits per heavy atom. The zero-order chi connectivity index (χ0) is 17.6. The molecule has 0 fully saturated rings. The van der Waals surface area contributed by atoms with Gasteiger partial charge in [0.2, 0.25) is 0 Å². The molecule has 0 aliphatic carbocycles. The first kappa shape index (κ1) is 17.2. The lowest BCUT2D eigenvalue weighted by Crippen LogP contribution is -2.26. The number of benzene rings is 1. The molecule has 2 aromatic heterocycles. The zero-order valence-electron chi connectivity index (χ0n) is 13.6. The number of ether oxygens (including phenoxy) is 1. The fourth-order valence-electron chi connectivity index (χ4n) is 2.30. The fourth-order valence-corrected chi connectivity index (χ4v) is 2.89. The van der Waals surface area contributed by atoms with Gasteiger partial charge < -0.3 is 15.0 Å². The predicted octanol–water partition coefficient (Wildman–Crippen LogP) is 1.79. The predicted molar refractivity (Wildman–Crippen MR) is 94.4 cm³/mol. The Labute approximate surface area is 152 Å². The molecule has 25 heavy (non-hydrogen) atoms. The number of nitrogens with zero attached hydrogens (tertiary/aromatic N) is 4. The quantitative estimate of drug-likeness (QED) is 0.625. The molecule has 0 unspecified atom stereocenters. The number of amides is 1. The van der Waals surface area contributed by atoms with Gasteiger partial charge >= 0.3 is 0 Å². The fraction of sp³-hybridized carbons (Fsp3) is 0.250. The molecule has 3 rings (SSSR count). The van der Waals surface area contributed by atoms with Gasteiger partial charge in [0.25, 0.3) is 5.91 Å². The van der Waals surface area contributed by atoms with E-state index in [1.807, 2.05) is 18.2 Å². The minimum atomic E-state index is -0.248. The summed E-state index contributed by atoms with van der Waals surface area (Å²) in [6.07, 6.45) is 5.65. The third-order valence-corrected chi connectivity index (χ3v) is 4.19. The summed E-state index contributed by atoms with van der Waals surface area (Å²) >= 11 is 3.45. The van der Waals surface area contributed by atoms with Crippen molar-refractivity contribution in [2.24, 2.45) is 0 Å². The first-order valence-corrected chi connectivity index (χ1v) is 8.43. The molecule has 2 N–H and O–H groups in total. The van der Waals surface area contributed by atoms with Gasteiger partial charge in [0.1, 0.15) is 5.75 Å². The highest BCUT2D eigenvalue weighted by Crippen LogP contribution is 2.25. The third-order valence-electron chi connectivity index (χ3n) is 3.57. The summed E-state index contributed by atoms with van der Waals surface area (Å²) in [6.45, 7) is 1.01. The molecule has 1 amide bonds. The molecule has 0 aliphatic heterocycles. The number of imidazole rings is 1. The maximum Gasteiger partial charge on any atom is 0.273 e. The second-order valence-corrected chi connectivity index (χ2v) is 6.21. The Morgan fingerprint density at radius 1 is 1.44 bits per heavy atom. The lowest BCUT2D eigenvalue weighted by molar-refractivity contribution is 0.0949. The van der Waals surface area contributed by atoms with Crippen molar-refractivity contribution < 1.29 is 9.53 Å². The number of nitrogens with one attached hydrogen (secondary N) is 2. The summed E-state index contributed by atoms with van der Waals surface area (Å²) in [5.74, 6) is 0.515. The summed E-state index contributed by atoms with van der Waals surface area (Å²) in [6, 6.07) is 5.76. The van der Waals surface area contributed by atoms with Crippen molar-refractivity contribution in [1.29, 1.82) is 0 Å². The first-order chi connectivity index (χ1) is 12.2. The molecule has 8 nitrogen and oxygen atoms in total. The second kappa shape index (κ2) is 7.93. The second-order valence-electron chi connectivity index (χ2n) is 5.35. The molecule has 3 aromatic rings. The zero-order valence-corrected chi connectivity index (χ0v) is 15.2. The maximum atomic E-state index is 12.1. The SMILES string of the molecule is COc1ccc(Cn2cc(C(=O)NCCc3cnc[nH]3)nn2)cc1Br. The van der Waals surface area contributed by atoms with Crippen LogP contribution in [0.1, 0.15) is 21.7 Å². The molecule has 0 spiro atoms. The van der Waals surface area contributed by atoms with Crippen molar-refractivity contribution in [2.75, 3.05) is 13.7 Å². The van der Waals surface area contributed by atoms with Crippen LogP contribution in [0.2, 0.25) is 0 Å². The molecule has 0 saturated heterocycles. The van der Waals surface area contributed by atoms with E-state index in [-0.39, 0.29) is 11.6 Å². The molecule has 0 aliphatic rings. The van der Waals surface area contributed by atoms with Gasteiger partial charge in [0, 0.05) is 24.9 Å². The molecule has 0 radical (unpaired) electrons. The standard InChI is InChI=1S/C16H17BrN6O2/c1-25-15-3-2-11(6-13(15)17)8-23-9-14(21-22-23)16(24)19-5-4-12-7-18-10-20-12/h2-3,6-7,9-10H,4-5,8H2,1H3,(H,18,20)(H,19,24). The third kappa shape index (κ3) is 4.44. The van der Waals surface area contributed by atoms with Gasteiger partial charge in [-0.15, -0.1) is 5.10 Å². The Bertz CT molecular complexity index is 846. The van der Waals surface area contributed by atoms with E-state index in [9.17, 15) is 4.79 Å². The molecule has 0 bridgehead atoms. The van der Waals surface area contributed by atoms with Crippen molar-refractivity contribution >= 4 is 21.8 Å². The number of H-pyrrole nitrogens is 1. The van der Waals surface area contributed by atoms with E-state index < -0.39 is 0 Å². The van der Waals surface area contributed by atoms with Crippen LogP contribution in [0.25, 0.3) is 0 Å². The lowest BCUT2D eigenvalue weighted by atomic mass is 10.2. The summed E-state index contributed by atoms with van der Waals surface area (Å²) in [5, 5.41) is 10.7. The molecule has 2 heterocycles. The Balaban J connectivity index is 1.56. The number of rotatable bonds is 7. The number of carbonyl (C=O) groups is 1. The average Bonchev–Trinajstić information content (AvgIpc) is 3.27. The highest BCUT2D eigenvalue weighted by atomic mass is 79.9. The van der Waals surface area contributed by atoms with Gasteiger partial charge in [0.15, 0.2) is 5.69 Å². The summed E-state index contributed by atoms with van der Waals surface area (Å²) < 4.78 is 7.70. The van der Waals surface area contributed by atoms with Crippen molar-refractivity contribution in [3.8, 4) is 5.75 Å². The number of carbonyl (C=O) groups excluding carboxylic acids is 1. The Hall–Kier alpha value is -2.68. The molecule has 0 saturated carbocycles. The highest BCUT2D eigenvalue weighted by molar-refractivity contribution is 9.10. The number of aromatic nitrogens is 5. The minimum Gasteiger partial charge on any atom is -0.496 e. The van der Waals surface area contributed by atoms with E-state index in [0.717, 1.165) is 21.5 Å². The molecular formula is C16H17BrN6O2. The van der Waals surface area contributed by atoms with E-state index in [2.05, 4.69) is 41.5 Å². The molecule has 9 heteroatoms. The van der Waals surface area contributed by atoms with E-state index in [1.165, 1.54) is 0 Å². The van der Waals surface area contributed by atoms with Gasteiger partial charge in [0.05, 0.1) is 30.7 Å². The van der Waals surface area contributed by atoms with Crippen LogP contribution in [-0.4, -0.2) is 44.5 Å².